The number of hydrogen-bond donors (Lipinski definition) is 1. The number of aryl methyl sites for hydroxylation is 1. The number of rotatable bonds is 8. The molecule has 3 aromatic rings. The van der Waals surface area contributed by atoms with Crippen molar-refractivity contribution in [2.75, 3.05) is 18.5 Å². The molecule has 5 heteroatoms. The minimum Gasteiger partial charge on any atom is -0.493 e. The second-order valence-corrected chi connectivity index (χ2v) is 9.06. The second-order valence-electron chi connectivity index (χ2n) is 9.06. The number of nitrogens with zero attached hydrogens (tertiary/aromatic N) is 2. The highest BCUT2D eigenvalue weighted by atomic mass is 16.5. The number of ether oxygens (including phenoxy) is 1. The van der Waals surface area contributed by atoms with Crippen molar-refractivity contribution < 1.29 is 9.53 Å². The van der Waals surface area contributed by atoms with Crippen LogP contribution in [0.4, 0.5) is 5.69 Å². The van der Waals surface area contributed by atoms with Gasteiger partial charge in [0.2, 0.25) is 5.91 Å². The fourth-order valence-electron chi connectivity index (χ4n) is 4.29. The van der Waals surface area contributed by atoms with Gasteiger partial charge in [-0.05, 0) is 74.6 Å². The summed E-state index contributed by atoms with van der Waals surface area (Å²) in [5, 5.41) is 4.06. The van der Waals surface area contributed by atoms with Crippen LogP contribution in [-0.4, -0.2) is 29.8 Å². The van der Waals surface area contributed by atoms with Gasteiger partial charge in [-0.25, -0.2) is 0 Å². The highest BCUT2D eigenvalue weighted by Crippen LogP contribution is 2.30. The molecular formula is C28H33N3O2. The Bertz CT molecular complexity index is 1150. The summed E-state index contributed by atoms with van der Waals surface area (Å²) < 4.78 is 6.26. The van der Waals surface area contributed by atoms with Crippen molar-refractivity contribution in [1.29, 1.82) is 0 Å². The minimum atomic E-state index is -0.0560. The zero-order chi connectivity index (χ0) is 23.2. The third-order valence-corrected chi connectivity index (χ3v) is 6.13. The second kappa shape index (κ2) is 10.6. The van der Waals surface area contributed by atoms with Crippen molar-refractivity contribution in [1.82, 2.24) is 4.98 Å². The lowest BCUT2D eigenvalue weighted by Gasteiger charge is -2.23. The molecule has 0 aliphatic carbocycles. The first-order chi connectivity index (χ1) is 16.0. The molecule has 1 unspecified atom stereocenters. The molecule has 1 aliphatic heterocycles. The maximum atomic E-state index is 12.2. The number of carbonyl (C=O) groups excluding carboxylic acids is 1. The van der Waals surface area contributed by atoms with E-state index in [0.29, 0.717) is 6.61 Å². The van der Waals surface area contributed by atoms with E-state index >= 15 is 0 Å². The van der Waals surface area contributed by atoms with Crippen LogP contribution >= 0.6 is 0 Å². The van der Waals surface area contributed by atoms with E-state index in [1.807, 2.05) is 57.2 Å². The van der Waals surface area contributed by atoms with Gasteiger partial charge in [0.05, 0.1) is 12.1 Å². The van der Waals surface area contributed by atoms with Gasteiger partial charge < -0.3 is 10.1 Å². The molecule has 0 saturated carbocycles. The van der Waals surface area contributed by atoms with E-state index in [0.717, 1.165) is 53.8 Å². The van der Waals surface area contributed by atoms with Crippen LogP contribution in [0.1, 0.15) is 56.7 Å². The number of amides is 1. The fraction of sp³-hybridized carbons (Fsp3) is 0.393. The van der Waals surface area contributed by atoms with E-state index < -0.39 is 0 Å². The van der Waals surface area contributed by atoms with Gasteiger partial charge in [-0.2, -0.15) is 0 Å². The van der Waals surface area contributed by atoms with E-state index in [1.165, 1.54) is 17.7 Å². The minimum absolute atomic E-state index is 0.0295. The Kier molecular flexibility index (Phi) is 7.38. The third-order valence-electron chi connectivity index (χ3n) is 6.13. The monoisotopic (exact) mass is 443 g/mol. The van der Waals surface area contributed by atoms with Crippen LogP contribution in [0.15, 0.2) is 59.6 Å². The average Bonchev–Trinajstić information content (AvgIpc) is 2.82. The number of aliphatic imine (C=N–C) groups is 1. The predicted molar refractivity (Wildman–Crippen MR) is 135 cm³/mol. The Morgan fingerprint density at radius 1 is 1.09 bits per heavy atom. The molecule has 2 heterocycles. The molecule has 1 aliphatic rings. The molecule has 1 aromatic heterocycles. The van der Waals surface area contributed by atoms with Crippen LogP contribution in [0.5, 0.6) is 5.75 Å². The lowest BCUT2D eigenvalue weighted by molar-refractivity contribution is -0.118. The highest BCUT2D eigenvalue weighted by molar-refractivity contribution is 5.94. The first-order valence-electron chi connectivity index (χ1n) is 11.9. The van der Waals surface area contributed by atoms with E-state index in [9.17, 15) is 4.79 Å². The molecule has 0 fully saturated rings. The van der Waals surface area contributed by atoms with Crippen molar-refractivity contribution in [3.05, 3.63) is 65.9 Å². The number of benzene rings is 2. The summed E-state index contributed by atoms with van der Waals surface area (Å²) >= 11 is 0. The van der Waals surface area contributed by atoms with E-state index in [1.54, 1.807) is 0 Å². The number of hydrogen-bond acceptors (Lipinski definition) is 4. The van der Waals surface area contributed by atoms with Crippen molar-refractivity contribution >= 4 is 28.2 Å². The molecule has 172 valence electrons. The quantitative estimate of drug-likeness (QED) is 0.443. The largest absolute Gasteiger partial charge is 0.493 e. The van der Waals surface area contributed by atoms with Gasteiger partial charge in [-0.3, -0.25) is 14.8 Å². The molecule has 1 atom stereocenters. The normalized spacial score (nSPS) is 14.7. The molecule has 5 nitrogen and oxygen atoms in total. The van der Waals surface area contributed by atoms with Gasteiger partial charge in [-0.15, -0.1) is 0 Å². The maximum absolute atomic E-state index is 12.2. The van der Waals surface area contributed by atoms with Crippen molar-refractivity contribution in [2.45, 2.75) is 52.4 Å². The number of carbonyl (C=O) groups is 1. The summed E-state index contributed by atoms with van der Waals surface area (Å²) in [5.74, 6) is 1.01. The number of fused-ring (bicyclic) bond motifs is 1. The van der Waals surface area contributed by atoms with Gasteiger partial charge in [-0.1, -0.05) is 32.0 Å². The first-order valence-corrected chi connectivity index (χ1v) is 11.9. The lowest BCUT2D eigenvalue weighted by Crippen LogP contribution is -2.20. The molecular weight excluding hydrogens is 410 g/mol. The van der Waals surface area contributed by atoms with Crippen LogP contribution in [-0.2, 0) is 4.79 Å². The van der Waals surface area contributed by atoms with E-state index in [4.69, 9.17) is 9.73 Å². The highest BCUT2D eigenvalue weighted by Gasteiger charge is 2.21. The molecule has 0 saturated heterocycles. The number of anilines is 1. The van der Waals surface area contributed by atoms with Crippen LogP contribution < -0.4 is 10.1 Å². The topological polar surface area (TPSA) is 63.6 Å². The molecule has 0 spiro atoms. The zero-order valence-corrected chi connectivity index (χ0v) is 19.8. The number of nitrogens with one attached hydrogen (secondary N) is 1. The third kappa shape index (κ3) is 5.78. The number of pyridine rings is 1. The molecule has 2 aromatic carbocycles. The Labute approximate surface area is 196 Å². The summed E-state index contributed by atoms with van der Waals surface area (Å²) in [7, 11) is 0. The summed E-state index contributed by atoms with van der Waals surface area (Å²) in [6.45, 7) is 7.28. The molecule has 4 rings (SSSR count). The summed E-state index contributed by atoms with van der Waals surface area (Å²) in [5.41, 5.74) is 5.21. The standard InChI is InChI=1S/C28H33N3O2/c1-19(2)28(32)31-22-9-6-8-21(18-22)23(25-10-4-5-16-29-25)15-17-33-27-12-7-11-26-24(27)14-13-20(3)30-26/h6-9,11-14,18-19,23H,4-5,10,15-17H2,1-3H3,(H,31,32). The molecule has 1 amide bonds. The van der Waals surface area contributed by atoms with Gasteiger partial charge in [0.25, 0.3) is 0 Å². The van der Waals surface area contributed by atoms with E-state index in [2.05, 4.69) is 28.5 Å². The van der Waals surface area contributed by atoms with Gasteiger partial charge in [0.15, 0.2) is 0 Å². The van der Waals surface area contributed by atoms with Crippen LogP contribution in [0.3, 0.4) is 0 Å². The van der Waals surface area contributed by atoms with Crippen LogP contribution in [0.2, 0.25) is 0 Å². The maximum Gasteiger partial charge on any atom is 0.226 e. The Balaban J connectivity index is 1.53. The Morgan fingerprint density at radius 2 is 1.94 bits per heavy atom. The average molecular weight is 444 g/mol. The Morgan fingerprint density at radius 3 is 2.73 bits per heavy atom. The number of aromatic nitrogens is 1. The van der Waals surface area contributed by atoms with E-state index in [-0.39, 0.29) is 17.7 Å². The van der Waals surface area contributed by atoms with Crippen LogP contribution in [0.25, 0.3) is 10.9 Å². The molecule has 33 heavy (non-hydrogen) atoms. The predicted octanol–water partition coefficient (Wildman–Crippen LogP) is 6.32. The summed E-state index contributed by atoms with van der Waals surface area (Å²) in [4.78, 5) is 21.7. The van der Waals surface area contributed by atoms with Gasteiger partial charge >= 0.3 is 0 Å². The van der Waals surface area contributed by atoms with Gasteiger partial charge in [0.1, 0.15) is 5.75 Å². The lowest BCUT2D eigenvalue weighted by atomic mass is 9.87. The molecule has 0 bridgehead atoms. The summed E-state index contributed by atoms with van der Waals surface area (Å²) in [6, 6.07) is 18.3. The SMILES string of the molecule is Cc1ccc2c(OCCC(C3=NCCCC3)c3cccc(NC(=O)C(C)C)c3)cccc2n1. The zero-order valence-electron chi connectivity index (χ0n) is 19.8. The van der Waals surface area contributed by atoms with Crippen LogP contribution in [0, 0.1) is 12.8 Å². The van der Waals surface area contributed by atoms with Crippen molar-refractivity contribution in [3.8, 4) is 5.75 Å². The smallest absolute Gasteiger partial charge is 0.226 e. The van der Waals surface area contributed by atoms with Crippen molar-refractivity contribution in [3.63, 3.8) is 0 Å². The summed E-state index contributed by atoms with van der Waals surface area (Å²) in [6.07, 6.45) is 4.18. The molecule has 1 N–H and O–H groups in total. The fourth-order valence-corrected chi connectivity index (χ4v) is 4.29. The Hall–Kier alpha value is -3.21. The van der Waals surface area contributed by atoms with Crippen molar-refractivity contribution in [2.24, 2.45) is 10.9 Å². The molecule has 0 radical (unpaired) electrons. The van der Waals surface area contributed by atoms with Gasteiger partial charge in [0, 0.05) is 40.9 Å². The first kappa shape index (κ1) is 23.0.